The molecule has 22 heavy (non-hydrogen) atoms. The zero-order chi connectivity index (χ0) is 16.3. The molecule has 0 bridgehead atoms. The standard InChI is InChI=1S/C10H18B2IO6PS.H2S/c1-16-10(4-14)9(11)6-18-5-8(15)7-20(3)21-19-12(13)17-2;/h9H,5-7,11H2,1-3H3;1H2. The van der Waals surface area contributed by atoms with E-state index in [1.54, 1.807) is 20.9 Å². The molecule has 0 heterocycles. The molecule has 0 aromatic rings. The summed E-state index contributed by atoms with van der Waals surface area (Å²) in [6, 6.07) is 0. The minimum atomic E-state index is -0.621. The van der Waals surface area contributed by atoms with Crippen molar-refractivity contribution < 1.29 is 27.8 Å². The summed E-state index contributed by atoms with van der Waals surface area (Å²) < 4.78 is 20.4. The molecule has 2 unspecified atom stereocenters. The van der Waals surface area contributed by atoms with Gasteiger partial charge in [-0.05, 0) is 13.8 Å². The third kappa shape index (κ3) is 12.2. The summed E-state index contributed by atoms with van der Waals surface area (Å²) in [4.78, 5) is 21.9. The summed E-state index contributed by atoms with van der Waals surface area (Å²) >= 11 is 3.28. The van der Waals surface area contributed by atoms with Crippen LogP contribution < -0.4 is 0 Å². The van der Waals surface area contributed by atoms with Gasteiger partial charge in [0.05, 0.1) is 13.7 Å². The molecule has 0 radical (unpaired) electrons. The van der Waals surface area contributed by atoms with Crippen LogP contribution >= 0.6 is 54.7 Å². The van der Waals surface area contributed by atoms with Crippen molar-refractivity contribution in [3.8, 4) is 0 Å². The Morgan fingerprint density at radius 2 is 2.14 bits per heavy atom. The molecule has 0 N–H and O–H groups in total. The zero-order valence-corrected chi connectivity index (χ0v) is 17.8. The molecule has 0 saturated heterocycles. The van der Waals surface area contributed by atoms with Crippen LogP contribution in [0.4, 0.5) is 0 Å². The molecule has 0 saturated carbocycles. The van der Waals surface area contributed by atoms with Gasteiger partial charge in [-0.3, -0.25) is 4.79 Å². The maximum absolute atomic E-state index is 11.7. The molecular formula is C10H20B2IO6PS2. The lowest BCUT2D eigenvalue weighted by Crippen LogP contribution is -2.16. The Hall–Kier alpha value is 0.790. The molecule has 0 aromatic heterocycles. The highest BCUT2D eigenvalue weighted by atomic mass is 127. The molecule has 2 atom stereocenters. The maximum Gasteiger partial charge on any atom is 0.543 e. The van der Waals surface area contributed by atoms with E-state index < -0.39 is 7.12 Å². The summed E-state index contributed by atoms with van der Waals surface area (Å²) in [6.07, 6.45) is 0.405. The Morgan fingerprint density at radius 1 is 1.50 bits per heavy atom. The zero-order valence-electron chi connectivity index (χ0n) is 13.0. The first-order valence-corrected chi connectivity index (χ1v) is 10.6. The number of ketones is 1. The van der Waals surface area contributed by atoms with Gasteiger partial charge in [-0.2, -0.15) is 13.5 Å². The molecular weight excluding hydrogens is 460 g/mol. The summed E-state index contributed by atoms with van der Waals surface area (Å²) in [7, 11) is 4.11. The van der Waals surface area contributed by atoms with E-state index in [1.165, 1.54) is 18.8 Å². The van der Waals surface area contributed by atoms with Crippen molar-refractivity contribution in [1.82, 2.24) is 0 Å². The molecule has 0 aliphatic rings. The van der Waals surface area contributed by atoms with Crippen molar-refractivity contribution in [2.24, 2.45) is 0 Å². The number of halogens is 1. The third-order valence-electron chi connectivity index (χ3n) is 2.23. The van der Waals surface area contributed by atoms with Gasteiger partial charge >= 0.3 is 4.97 Å². The van der Waals surface area contributed by atoms with Crippen LogP contribution in [0.2, 0.25) is 5.82 Å². The second-order valence-corrected chi connectivity index (χ2v) is 9.34. The van der Waals surface area contributed by atoms with Crippen LogP contribution in [0.1, 0.15) is 0 Å². The number of Topliss-reactive ketones (excluding diaryl/α,β-unsaturated/α-hetero) is 1. The van der Waals surface area contributed by atoms with Gasteiger partial charge in [-0.1, -0.05) is 22.4 Å². The average Bonchev–Trinajstić information content (AvgIpc) is 2.45. The molecule has 0 spiro atoms. The van der Waals surface area contributed by atoms with E-state index in [9.17, 15) is 9.59 Å². The predicted octanol–water partition coefficient (Wildman–Crippen LogP) is 1.23. The molecule has 0 aliphatic carbocycles. The fourth-order valence-corrected chi connectivity index (χ4v) is 4.24. The number of methoxy groups -OCH3 is 1. The molecule has 12 heteroatoms. The van der Waals surface area contributed by atoms with Crippen LogP contribution in [-0.2, 0) is 27.8 Å². The van der Waals surface area contributed by atoms with Crippen LogP contribution in [0, 0.1) is 0 Å². The topological polar surface area (TPSA) is 71.1 Å². The summed E-state index contributed by atoms with van der Waals surface area (Å²) in [5.41, 5.74) is 0. The Kier molecular flexibility index (Phi) is 17.4. The van der Waals surface area contributed by atoms with E-state index >= 15 is 0 Å². The van der Waals surface area contributed by atoms with Gasteiger partial charge in [-0.25, -0.2) is 4.79 Å². The van der Waals surface area contributed by atoms with Gasteiger partial charge in [-0.15, -0.1) is 0 Å². The molecule has 0 fully saturated rings. The number of carbonyl (C=O) groups is 1. The largest absolute Gasteiger partial charge is 0.543 e. The molecule has 0 amide bonds. The summed E-state index contributed by atoms with van der Waals surface area (Å²) in [5.74, 6) is 1.68. The van der Waals surface area contributed by atoms with Gasteiger partial charge in [0, 0.05) is 30.8 Å². The van der Waals surface area contributed by atoms with Crippen molar-refractivity contribution in [2.45, 2.75) is 5.82 Å². The second kappa shape index (κ2) is 15.3. The molecule has 6 nitrogen and oxygen atoms in total. The van der Waals surface area contributed by atoms with Crippen molar-refractivity contribution >= 4 is 79.2 Å². The lowest BCUT2D eigenvalue weighted by Gasteiger charge is -2.13. The SMILES string of the molecule is BC(COCC(=O)CP(C)SOB(I)OC)C(=C=O)OC.S. The highest BCUT2D eigenvalue weighted by molar-refractivity contribution is 14.1. The Labute approximate surface area is 158 Å². The minimum Gasteiger partial charge on any atom is -0.490 e. The number of carbonyl (C=O) groups excluding carboxylic acids is 2. The van der Waals surface area contributed by atoms with Crippen molar-refractivity contribution in [2.75, 3.05) is 40.3 Å². The lowest BCUT2D eigenvalue weighted by atomic mass is 9.87. The molecule has 126 valence electrons. The van der Waals surface area contributed by atoms with Crippen LogP contribution in [0.25, 0.3) is 0 Å². The number of hydrogen-bond donors (Lipinski definition) is 0. The highest BCUT2D eigenvalue weighted by Gasteiger charge is 2.17. The van der Waals surface area contributed by atoms with Crippen LogP contribution in [-0.4, -0.2) is 64.8 Å². The smallest absolute Gasteiger partial charge is 0.490 e. The minimum absolute atomic E-state index is 0. The quantitative estimate of drug-likeness (QED) is 0.104. The first-order valence-electron chi connectivity index (χ1n) is 6.04. The van der Waals surface area contributed by atoms with Gasteiger partial charge in [0.25, 0.3) is 0 Å². The third-order valence-corrected chi connectivity index (χ3v) is 6.06. The number of ether oxygens (including phenoxy) is 2. The lowest BCUT2D eigenvalue weighted by molar-refractivity contribution is -0.121. The monoisotopic (exact) mass is 480 g/mol. The van der Waals surface area contributed by atoms with Gasteiger partial charge in [0.2, 0.25) is 0 Å². The Bertz CT molecular complexity index is 375. The van der Waals surface area contributed by atoms with Crippen LogP contribution in [0.5, 0.6) is 0 Å². The summed E-state index contributed by atoms with van der Waals surface area (Å²) in [6.45, 7) is 2.22. The molecule has 0 rings (SSSR count). The van der Waals surface area contributed by atoms with Gasteiger partial charge in [0.1, 0.15) is 14.5 Å². The molecule has 0 aromatic carbocycles. The van der Waals surface area contributed by atoms with E-state index in [-0.39, 0.29) is 49.0 Å². The van der Waals surface area contributed by atoms with Crippen molar-refractivity contribution in [1.29, 1.82) is 0 Å². The predicted molar refractivity (Wildman–Crippen MR) is 108 cm³/mol. The van der Waals surface area contributed by atoms with Crippen LogP contribution in [0.3, 0.4) is 0 Å². The first kappa shape index (κ1) is 25.0. The van der Waals surface area contributed by atoms with Crippen molar-refractivity contribution in [3.05, 3.63) is 5.76 Å². The average molecular weight is 480 g/mol. The second-order valence-electron chi connectivity index (χ2n) is 4.09. The van der Waals surface area contributed by atoms with E-state index in [1.807, 2.05) is 29.0 Å². The van der Waals surface area contributed by atoms with E-state index in [4.69, 9.17) is 18.2 Å². The normalized spacial score (nSPS) is 12.5. The van der Waals surface area contributed by atoms with Gasteiger partial charge in [0.15, 0.2) is 17.5 Å². The Balaban J connectivity index is 0. The first-order chi connectivity index (χ1) is 9.94. The van der Waals surface area contributed by atoms with Crippen molar-refractivity contribution in [3.63, 3.8) is 0 Å². The highest BCUT2D eigenvalue weighted by Crippen LogP contribution is 2.47. The maximum atomic E-state index is 11.7. The fraction of sp³-hybridized carbons (Fsp3) is 0.700. The van der Waals surface area contributed by atoms with E-state index in [0.29, 0.717) is 6.16 Å². The van der Waals surface area contributed by atoms with Gasteiger partial charge < -0.3 is 18.2 Å². The summed E-state index contributed by atoms with van der Waals surface area (Å²) in [5, 5.41) is 0. The Morgan fingerprint density at radius 3 is 2.64 bits per heavy atom. The number of rotatable bonds is 12. The number of hydrogen-bond acceptors (Lipinski definition) is 7. The molecule has 0 aliphatic heterocycles. The van der Waals surface area contributed by atoms with E-state index in [0.717, 1.165) is 0 Å². The van der Waals surface area contributed by atoms with Crippen LogP contribution in [0.15, 0.2) is 5.76 Å². The van der Waals surface area contributed by atoms with E-state index in [2.05, 4.69) is 0 Å². The fourth-order valence-electron chi connectivity index (χ4n) is 1.24.